The number of imidazole rings is 1. The Morgan fingerprint density at radius 1 is 1.31 bits per heavy atom. The third-order valence-corrected chi connectivity index (χ3v) is 10.6. The predicted molar refractivity (Wildman–Crippen MR) is 133 cm³/mol. The van der Waals surface area contributed by atoms with Crippen molar-refractivity contribution in [2.75, 3.05) is 5.75 Å². The minimum absolute atomic E-state index is 0.0130. The van der Waals surface area contributed by atoms with Gasteiger partial charge in [-0.2, -0.15) is 0 Å². The van der Waals surface area contributed by atoms with E-state index in [1.54, 1.807) is 24.5 Å². The molecule has 0 aromatic carbocycles. The summed E-state index contributed by atoms with van der Waals surface area (Å²) in [6.45, 7) is 4.14. The van der Waals surface area contributed by atoms with Gasteiger partial charge in [0.15, 0.2) is 16.7 Å². The molecule has 7 nitrogen and oxygen atoms in total. The molecule has 3 N–H and O–H groups in total. The van der Waals surface area contributed by atoms with Crippen molar-refractivity contribution < 1.29 is 19.8 Å². The summed E-state index contributed by atoms with van der Waals surface area (Å²) in [5, 5.41) is 24.0. The number of nitrogens with zero attached hydrogens (tertiary/aromatic N) is 2. The number of H-pyrrole nitrogens is 1. The lowest BCUT2D eigenvalue weighted by molar-refractivity contribution is -0.174. The van der Waals surface area contributed by atoms with Crippen LogP contribution in [0.4, 0.5) is 0 Å². The zero-order chi connectivity index (χ0) is 24.6. The maximum Gasteiger partial charge on any atom is 0.178 e. The molecule has 0 saturated heterocycles. The van der Waals surface area contributed by atoms with E-state index in [9.17, 15) is 19.8 Å². The first-order valence-corrected chi connectivity index (χ1v) is 13.4. The summed E-state index contributed by atoms with van der Waals surface area (Å²) in [7, 11) is 0. The second-order valence-corrected chi connectivity index (χ2v) is 12.2. The Kier molecular flexibility index (Phi) is 5.19. The molecular formula is C27H31N3O4S. The number of aliphatic hydroxyl groups excluding tert-OH is 1. The Balaban J connectivity index is 1.25. The molecule has 4 aliphatic rings. The van der Waals surface area contributed by atoms with Crippen LogP contribution in [-0.4, -0.2) is 54.2 Å². The number of hydrogen-bond acceptors (Lipinski definition) is 7. The molecule has 2 aromatic rings. The lowest BCUT2D eigenvalue weighted by Crippen LogP contribution is -2.61. The number of ketones is 2. The Labute approximate surface area is 208 Å². The monoisotopic (exact) mass is 493 g/mol. The first kappa shape index (κ1) is 23.1. The van der Waals surface area contributed by atoms with E-state index in [0.29, 0.717) is 18.0 Å². The molecule has 8 heteroatoms. The van der Waals surface area contributed by atoms with Crippen LogP contribution in [-0.2, 0) is 9.59 Å². The van der Waals surface area contributed by atoms with Gasteiger partial charge in [0.1, 0.15) is 5.60 Å². The van der Waals surface area contributed by atoms with Crippen molar-refractivity contribution in [1.29, 1.82) is 0 Å². The number of carbonyl (C=O) groups is 2. The highest BCUT2D eigenvalue weighted by Gasteiger charge is 2.67. The van der Waals surface area contributed by atoms with Gasteiger partial charge in [-0.1, -0.05) is 37.3 Å². The second kappa shape index (κ2) is 7.85. The summed E-state index contributed by atoms with van der Waals surface area (Å²) in [6, 6.07) is 1.82. The lowest BCUT2D eigenvalue weighted by atomic mass is 9.46. The zero-order valence-corrected chi connectivity index (χ0v) is 20.8. The molecule has 0 aliphatic heterocycles. The third kappa shape index (κ3) is 3.26. The minimum atomic E-state index is -1.47. The molecule has 0 radical (unpaired) electrons. The number of fused-ring (bicyclic) bond motifs is 6. The van der Waals surface area contributed by atoms with E-state index < -0.39 is 17.1 Å². The van der Waals surface area contributed by atoms with E-state index in [0.717, 1.165) is 35.9 Å². The largest absolute Gasteiger partial charge is 0.393 e. The number of carbonyl (C=O) groups excluding carboxylic acids is 2. The van der Waals surface area contributed by atoms with Gasteiger partial charge in [0.05, 0.1) is 29.1 Å². The van der Waals surface area contributed by atoms with Gasteiger partial charge in [-0.25, -0.2) is 4.98 Å². The van der Waals surface area contributed by atoms with Gasteiger partial charge < -0.3 is 15.2 Å². The van der Waals surface area contributed by atoms with Crippen molar-refractivity contribution >= 4 is 34.4 Å². The number of rotatable bonds is 4. The Morgan fingerprint density at radius 2 is 2.14 bits per heavy atom. The fourth-order valence-electron chi connectivity index (χ4n) is 7.94. The minimum Gasteiger partial charge on any atom is -0.393 e. The average Bonchev–Trinajstić information content (AvgIpc) is 3.36. The molecule has 7 atom stereocenters. The summed E-state index contributed by atoms with van der Waals surface area (Å²) in [6.07, 6.45) is 11.3. The number of Topliss-reactive ketones (excluding diaryl/α,β-unsaturated/α-hetero) is 1. The fourth-order valence-corrected chi connectivity index (χ4v) is 8.80. The molecule has 2 heterocycles. The topological polar surface area (TPSA) is 116 Å². The van der Waals surface area contributed by atoms with Gasteiger partial charge in [-0.15, -0.1) is 0 Å². The summed E-state index contributed by atoms with van der Waals surface area (Å²) in [5.41, 5.74) is 0.201. The van der Waals surface area contributed by atoms with Crippen LogP contribution in [0.15, 0.2) is 47.4 Å². The number of allylic oxidation sites excluding steroid dienone is 4. The molecule has 0 amide bonds. The number of thioether (sulfide) groups is 1. The number of aliphatic hydroxyl groups is 2. The van der Waals surface area contributed by atoms with Crippen molar-refractivity contribution in [2.45, 2.75) is 62.8 Å². The van der Waals surface area contributed by atoms with Crippen LogP contribution in [0.1, 0.15) is 46.0 Å². The summed E-state index contributed by atoms with van der Waals surface area (Å²) in [4.78, 5) is 37.3. The first-order valence-electron chi connectivity index (χ1n) is 12.5. The molecule has 2 aromatic heterocycles. The molecule has 0 spiro atoms. The summed E-state index contributed by atoms with van der Waals surface area (Å²) >= 11 is 1.30. The van der Waals surface area contributed by atoms with E-state index in [2.05, 4.69) is 21.9 Å². The maximum atomic E-state index is 13.5. The normalized spacial score (nSPS) is 40.2. The van der Waals surface area contributed by atoms with Gasteiger partial charge in [0, 0.05) is 22.9 Å². The van der Waals surface area contributed by atoms with Crippen molar-refractivity contribution in [3.63, 3.8) is 0 Å². The highest BCUT2D eigenvalue weighted by Crippen LogP contribution is 2.67. The van der Waals surface area contributed by atoms with Crippen LogP contribution in [0.5, 0.6) is 0 Å². The highest BCUT2D eigenvalue weighted by atomic mass is 32.2. The predicted octanol–water partition coefficient (Wildman–Crippen LogP) is 3.63. The lowest BCUT2D eigenvalue weighted by Gasteiger charge is -2.59. The van der Waals surface area contributed by atoms with E-state index in [1.807, 2.05) is 19.1 Å². The molecule has 184 valence electrons. The van der Waals surface area contributed by atoms with E-state index in [4.69, 9.17) is 0 Å². The Morgan fingerprint density at radius 3 is 2.94 bits per heavy atom. The van der Waals surface area contributed by atoms with Gasteiger partial charge in [0.25, 0.3) is 0 Å². The van der Waals surface area contributed by atoms with E-state index in [1.165, 1.54) is 11.8 Å². The Bertz CT molecular complexity index is 1250. The molecule has 6 rings (SSSR count). The van der Waals surface area contributed by atoms with Crippen molar-refractivity contribution in [3.05, 3.63) is 42.3 Å². The quantitative estimate of drug-likeness (QED) is 0.557. The first-order chi connectivity index (χ1) is 16.7. The van der Waals surface area contributed by atoms with Gasteiger partial charge in [0.2, 0.25) is 0 Å². The van der Waals surface area contributed by atoms with Crippen LogP contribution in [0.25, 0.3) is 11.0 Å². The molecule has 3 fully saturated rings. The highest BCUT2D eigenvalue weighted by molar-refractivity contribution is 7.99. The third-order valence-electron chi connectivity index (χ3n) is 9.71. The Hall–Kier alpha value is -2.29. The van der Waals surface area contributed by atoms with Crippen LogP contribution >= 0.6 is 11.8 Å². The van der Waals surface area contributed by atoms with Crippen LogP contribution in [0.2, 0.25) is 0 Å². The van der Waals surface area contributed by atoms with Crippen molar-refractivity contribution in [3.8, 4) is 0 Å². The van der Waals surface area contributed by atoms with Crippen molar-refractivity contribution in [1.82, 2.24) is 15.0 Å². The van der Waals surface area contributed by atoms with Crippen LogP contribution in [0.3, 0.4) is 0 Å². The number of aromatic nitrogens is 3. The second-order valence-electron chi connectivity index (χ2n) is 11.3. The van der Waals surface area contributed by atoms with Gasteiger partial charge >= 0.3 is 0 Å². The number of aromatic amines is 1. The number of pyridine rings is 1. The molecule has 35 heavy (non-hydrogen) atoms. The standard InChI is InChI=1S/C27H31N3O4S/c1-25-8-5-16(31)11-15(25)3-4-17-18-6-9-27(34,26(18,2)12-21(32)23(17)25)22(33)14-35-24-29-19-7-10-28-13-20(19)30-24/h5,7-8,10-11,13,17-18,21,23,32,34H,3-4,6,9,12,14H2,1-2H3,(H,29,30)/t17?,18?,21?,23?,25?,26?,27-/m0/s1. The zero-order valence-electron chi connectivity index (χ0n) is 20.0. The molecular weight excluding hydrogens is 462 g/mol. The van der Waals surface area contributed by atoms with Crippen LogP contribution in [0, 0.1) is 28.6 Å². The van der Waals surface area contributed by atoms with Gasteiger partial charge in [-0.3, -0.25) is 14.6 Å². The molecule has 4 aliphatic carbocycles. The van der Waals surface area contributed by atoms with E-state index in [-0.39, 0.29) is 40.5 Å². The summed E-state index contributed by atoms with van der Waals surface area (Å²) in [5.74, 6) is 0.275. The van der Waals surface area contributed by atoms with E-state index >= 15 is 0 Å². The summed E-state index contributed by atoms with van der Waals surface area (Å²) < 4.78 is 0. The molecule has 3 saturated carbocycles. The molecule has 6 unspecified atom stereocenters. The number of nitrogens with one attached hydrogen (secondary N) is 1. The maximum absolute atomic E-state index is 13.5. The smallest absolute Gasteiger partial charge is 0.178 e. The van der Waals surface area contributed by atoms with Gasteiger partial charge in [-0.05, 0) is 62.2 Å². The average molecular weight is 494 g/mol. The fraction of sp³-hybridized carbons (Fsp3) is 0.556. The van der Waals surface area contributed by atoms with Crippen LogP contribution < -0.4 is 0 Å². The van der Waals surface area contributed by atoms with Crippen molar-refractivity contribution in [2.24, 2.45) is 28.6 Å². The number of hydrogen-bond donors (Lipinski definition) is 3. The molecule has 0 bridgehead atoms. The SMILES string of the molecule is CC12C=CC(=O)C=C1CCC1C2C(O)CC2(C)C1CC[C@]2(O)C(=O)CSc1nc2ccncc2[nH]1.